The first kappa shape index (κ1) is 14.1. The topological polar surface area (TPSA) is 108 Å². The number of ether oxygens (including phenoxy) is 1. The van der Waals surface area contributed by atoms with Gasteiger partial charge in [-0.3, -0.25) is 4.90 Å². The summed E-state index contributed by atoms with van der Waals surface area (Å²) in [7, 11) is -5.09. The van der Waals surface area contributed by atoms with Crippen LogP contribution in [0.1, 0.15) is 58.2 Å². The summed E-state index contributed by atoms with van der Waals surface area (Å²) in [6, 6.07) is 10.4. The number of anilines is 4. The lowest BCUT2D eigenvalue weighted by molar-refractivity contribution is 0.238. The van der Waals surface area contributed by atoms with Crippen molar-refractivity contribution >= 4 is 33.2 Å². The number of likely N-dealkylation sites (tertiary alicyclic amines) is 1. The summed E-state index contributed by atoms with van der Waals surface area (Å²) in [4.78, 5) is 9.17. The molecule has 4 rings (SSSR count). The molecule has 0 radical (unpaired) electrons. The standard InChI is InChI=1S/C27H36N6O3S/c1-20-19-28-26(30-21-10-12-23(13-11-21)36-17-16-33-14-5-6-15-33)31-25(20)29-22-8-7-9-24(18-22)37(34,35)32-27(2,3)4/h7-13,18-19,32H,5-6,14-17H2,1-4H3,(H2,28,29,30,31)/i2D3,3D3,4D3,16D2,17D2,19D. The zero-order valence-electron chi connectivity index (χ0n) is 33.9. The van der Waals surface area contributed by atoms with E-state index in [0.717, 1.165) is 25.0 Å². The summed E-state index contributed by atoms with van der Waals surface area (Å²) in [6.45, 7) is -14.1. The molecule has 3 N–H and O–H groups in total. The van der Waals surface area contributed by atoms with Crippen molar-refractivity contribution in [2.24, 2.45) is 0 Å². The number of aromatic nitrogens is 2. The van der Waals surface area contributed by atoms with E-state index in [1.54, 1.807) is 0 Å². The molecule has 0 aliphatic carbocycles. The number of nitrogens with zero attached hydrogens (tertiary/aromatic N) is 3. The molecule has 1 aliphatic rings. The first-order valence-corrected chi connectivity index (χ1v) is 12.8. The van der Waals surface area contributed by atoms with E-state index in [2.05, 4.69) is 20.6 Å². The SMILES string of the molecule is [2H]c1nc(Nc2ccc(OC([2H])([2H])C([2H])([2H])N3CCCC3)cc2)nc(Nc2cccc(S(=O)(=O)NC(C([2H])([2H])[2H])(C([2H])([2H])[2H])C([2H])([2H])[2H])c2)c1C. The van der Waals surface area contributed by atoms with E-state index >= 15 is 0 Å². The third-order valence-electron chi connectivity index (χ3n) is 5.19. The molecule has 198 valence electrons. The van der Waals surface area contributed by atoms with Gasteiger partial charge in [0.15, 0.2) is 0 Å². The van der Waals surface area contributed by atoms with Crippen LogP contribution in [0.25, 0.3) is 0 Å². The van der Waals surface area contributed by atoms with Gasteiger partial charge in [-0.2, -0.15) is 4.98 Å². The largest absolute Gasteiger partial charge is 0.492 e. The Hall–Kier alpha value is -3.21. The maximum atomic E-state index is 13.4. The van der Waals surface area contributed by atoms with E-state index < -0.39 is 54.1 Å². The Bertz CT molecular complexity index is 1790. The number of hydrogen-bond donors (Lipinski definition) is 3. The minimum absolute atomic E-state index is 0.0387. The number of benzene rings is 2. The molecule has 1 fully saturated rings. The van der Waals surface area contributed by atoms with Gasteiger partial charge in [-0.1, -0.05) is 6.07 Å². The highest BCUT2D eigenvalue weighted by Crippen LogP contribution is 2.24. The highest BCUT2D eigenvalue weighted by molar-refractivity contribution is 7.89. The van der Waals surface area contributed by atoms with Crippen molar-refractivity contribution in [3.05, 3.63) is 60.3 Å². The summed E-state index contributed by atoms with van der Waals surface area (Å²) in [5, 5.41) is 5.73. The molecule has 10 heteroatoms. The molecule has 2 heterocycles. The van der Waals surface area contributed by atoms with E-state index in [9.17, 15) is 8.42 Å². The lowest BCUT2D eigenvalue weighted by atomic mass is 10.1. The van der Waals surface area contributed by atoms with Crippen LogP contribution in [0.3, 0.4) is 0 Å². The Kier molecular flexibility index (Phi) is 4.36. The van der Waals surface area contributed by atoms with Gasteiger partial charge in [0.1, 0.15) is 18.1 Å². The second-order valence-corrected chi connectivity index (χ2v) is 9.98. The third-order valence-corrected chi connectivity index (χ3v) is 6.64. The number of hydrogen-bond acceptors (Lipinski definition) is 8. The molecular formula is C27H36N6O3S. The zero-order chi connectivity index (χ0) is 38.4. The molecule has 0 saturated carbocycles. The normalized spacial score (nSPS) is 21.9. The quantitative estimate of drug-likeness (QED) is 0.337. The summed E-state index contributed by atoms with van der Waals surface area (Å²) in [6.07, 6.45) is 1.30. The Morgan fingerprint density at radius 3 is 2.59 bits per heavy atom. The van der Waals surface area contributed by atoms with Crippen LogP contribution in [-0.2, 0) is 10.0 Å². The van der Waals surface area contributed by atoms with Gasteiger partial charge in [0, 0.05) is 50.2 Å². The zero-order valence-corrected chi connectivity index (χ0v) is 20.7. The van der Waals surface area contributed by atoms with E-state index in [-0.39, 0.29) is 34.9 Å². The molecule has 0 spiro atoms. The van der Waals surface area contributed by atoms with E-state index in [0.29, 0.717) is 18.8 Å². The van der Waals surface area contributed by atoms with Gasteiger partial charge in [-0.05, 0) is 95.9 Å². The maximum Gasteiger partial charge on any atom is 0.241 e. The molecule has 0 unspecified atom stereocenters. The molecular weight excluding hydrogens is 488 g/mol. The van der Waals surface area contributed by atoms with Crippen LogP contribution in [0, 0.1) is 6.92 Å². The van der Waals surface area contributed by atoms with Crippen molar-refractivity contribution in [1.82, 2.24) is 19.6 Å². The van der Waals surface area contributed by atoms with Gasteiger partial charge < -0.3 is 15.4 Å². The minimum atomic E-state index is -5.09. The molecule has 9 nitrogen and oxygen atoms in total. The summed E-state index contributed by atoms with van der Waals surface area (Å²) in [5.74, 6) is 0.0185. The van der Waals surface area contributed by atoms with Gasteiger partial charge in [-0.25, -0.2) is 18.1 Å². The second-order valence-electron chi connectivity index (χ2n) is 8.30. The predicted octanol–water partition coefficient (Wildman–Crippen LogP) is 4.82. The van der Waals surface area contributed by atoms with Crippen molar-refractivity contribution in [1.29, 1.82) is 0 Å². The Morgan fingerprint density at radius 2 is 1.86 bits per heavy atom. The van der Waals surface area contributed by atoms with Crippen molar-refractivity contribution in [3.63, 3.8) is 0 Å². The Labute approximate surface area is 239 Å². The van der Waals surface area contributed by atoms with Gasteiger partial charge in [-0.15, -0.1) is 0 Å². The highest BCUT2D eigenvalue weighted by atomic mass is 32.2. The monoisotopic (exact) mass is 538 g/mol. The fourth-order valence-electron chi connectivity index (χ4n) is 3.43. The molecule has 0 amide bonds. The minimum Gasteiger partial charge on any atom is -0.492 e. The van der Waals surface area contributed by atoms with Crippen LogP contribution in [0.2, 0.25) is 0 Å². The highest BCUT2D eigenvalue weighted by Gasteiger charge is 2.22. The number of sulfonamides is 1. The first-order chi connectivity index (χ1) is 23.2. The van der Waals surface area contributed by atoms with Crippen molar-refractivity contribution in [3.8, 4) is 5.75 Å². The van der Waals surface area contributed by atoms with Gasteiger partial charge in [0.2, 0.25) is 16.0 Å². The van der Waals surface area contributed by atoms with Crippen molar-refractivity contribution < 1.29 is 32.3 Å². The fraction of sp³-hybridized carbons (Fsp3) is 0.407. The maximum absolute atomic E-state index is 13.4. The first-order valence-electron chi connectivity index (χ1n) is 18.3. The van der Waals surface area contributed by atoms with Crippen LogP contribution in [0.4, 0.5) is 23.1 Å². The van der Waals surface area contributed by atoms with E-state index in [4.69, 9.17) is 23.9 Å². The number of rotatable bonds is 10. The molecule has 2 aromatic carbocycles. The molecule has 37 heavy (non-hydrogen) atoms. The summed E-state index contributed by atoms with van der Waals surface area (Å²) >= 11 is 0. The van der Waals surface area contributed by atoms with Gasteiger partial charge in [0.25, 0.3) is 0 Å². The van der Waals surface area contributed by atoms with E-state index in [1.165, 1.54) is 52.9 Å². The molecule has 3 aromatic rings. The Balaban J connectivity index is 1.56. The van der Waals surface area contributed by atoms with Crippen molar-refractivity contribution in [2.75, 3.05) is 36.8 Å². The van der Waals surface area contributed by atoms with Crippen LogP contribution >= 0.6 is 0 Å². The molecule has 1 aromatic heterocycles. The molecule has 1 aliphatic heterocycles. The van der Waals surface area contributed by atoms with Crippen LogP contribution < -0.4 is 20.1 Å². The van der Waals surface area contributed by atoms with Gasteiger partial charge >= 0.3 is 0 Å². The van der Waals surface area contributed by atoms with Crippen LogP contribution in [0.15, 0.2) is 59.6 Å². The van der Waals surface area contributed by atoms with Crippen molar-refractivity contribution in [2.45, 2.75) is 50.8 Å². The number of nitrogens with one attached hydrogen (secondary N) is 3. The van der Waals surface area contributed by atoms with Crippen LogP contribution in [0.5, 0.6) is 5.75 Å². The molecule has 0 bridgehead atoms. The fourth-order valence-corrected chi connectivity index (χ4v) is 4.49. The lowest BCUT2D eigenvalue weighted by Crippen LogP contribution is -2.40. The average Bonchev–Trinajstić information content (AvgIpc) is 3.54. The third kappa shape index (κ3) is 7.88. The van der Waals surface area contributed by atoms with Gasteiger partial charge in [0.05, 0.1) is 9.01 Å². The van der Waals surface area contributed by atoms with E-state index in [1.807, 2.05) is 0 Å². The second kappa shape index (κ2) is 11.5. The summed E-state index contributed by atoms with van der Waals surface area (Å²) in [5.41, 5.74) is -3.18. The molecule has 1 saturated heterocycles. The predicted molar refractivity (Wildman–Crippen MR) is 147 cm³/mol. The smallest absolute Gasteiger partial charge is 0.241 e. The lowest BCUT2D eigenvalue weighted by Gasteiger charge is -2.20. The Morgan fingerprint density at radius 1 is 1.11 bits per heavy atom. The molecule has 0 atom stereocenters. The average molecular weight is 539 g/mol. The summed E-state index contributed by atoms with van der Waals surface area (Å²) < 4.78 is 145. The van der Waals surface area contributed by atoms with Crippen LogP contribution in [-0.4, -0.2) is 55.0 Å².